The van der Waals surface area contributed by atoms with E-state index in [0.717, 1.165) is 31.5 Å². The van der Waals surface area contributed by atoms with Crippen LogP contribution in [-0.2, 0) is 4.79 Å². The molecule has 0 saturated carbocycles. The molecule has 0 unspecified atom stereocenters. The van der Waals surface area contributed by atoms with Crippen molar-refractivity contribution >= 4 is 12.0 Å². The Balaban J connectivity index is 2.84. The summed E-state index contributed by atoms with van der Waals surface area (Å²) in [5.74, 6) is 1.44. The molecular formula is C19H29NO3. The fourth-order valence-electron chi connectivity index (χ4n) is 2.28. The Hall–Kier alpha value is -1.97. The first-order chi connectivity index (χ1) is 11.0. The van der Waals surface area contributed by atoms with Crippen LogP contribution in [-0.4, -0.2) is 37.1 Å². The van der Waals surface area contributed by atoms with Gasteiger partial charge in [-0.1, -0.05) is 19.9 Å². The smallest absolute Gasteiger partial charge is 0.246 e. The number of nitrogens with zero attached hydrogens (tertiary/aromatic N) is 1. The van der Waals surface area contributed by atoms with Gasteiger partial charge in [-0.15, -0.1) is 0 Å². The zero-order chi connectivity index (χ0) is 17.2. The van der Waals surface area contributed by atoms with Gasteiger partial charge in [0, 0.05) is 19.2 Å². The maximum absolute atomic E-state index is 12.2. The highest BCUT2D eigenvalue weighted by molar-refractivity contribution is 5.91. The van der Waals surface area contributed by atoms with Gasteiger partial charge < -0.3 is 14.4 Å². The van der Waals surface area contributed by atoms with Gasteiger partial charge in [-0.05, 0) is 50.5 Å². The summed E-state index contributed by atoms with van der Waals surface area (Å²) in [6.07, 6.45) is 5.47. The Labute approximate surface area is 140 Å². The van der Waals surface area contributed by atoms with Gasteiger partial charge in [0.05, 0.1) is 13.2 Å². The largest absolute Gasteiger partial charge is 0.493 e. The molecule has 1 aromatic carbocycles. The van der Waals surface area contributed by atoms with Crippen LogP contribution in [0.1, 0.15) is 46.1 Å². The number of amides is 1. The molecule has 0 fully saturated rings. The van der Waals surface area contributed by atoms with Crippen LogP contribution >= 0.6 is 0 Å². The minimum absolute atomic E-state index is 0.0511. The topological polar surface area (TPSA) is 38.8 Å². The highest BCUT2D eigenvalue weighted by atomic mass is 16.5. The molecule has 0 atom stereocenters. The van der Waals surface area contributed by atoms with E-state index in [0.29, 0.717) is 11.5 Å². The Morgan fingerprint density at radius 2 is 1.83 bits per heavy atom. The molecule has 0 saturated heterocycles. The lowest BCUT2D eigenvalue weighted by Crippen LogP contribution is -2.30. The van der Waals surface area contributed by atoms with Crippen molar-refractivity contribution in [2.24, 2.45) is 0 Å². The quantitative estimate of drug-likeness (QED) is 0.642. The van der Waals surface area contributed by atoms with Gasteiger partial charge >= 0.3 is 0 Å². The average molecular weight is 319 g/mol. The summed E-state index contributed by atoms with van der Waals surface area (Å²) in [6, 6.07) is 5.68. The fraction of sp³-hybridized carbons (Fsp3) is 0.526. The lowest BCUT2D eigenvalue weighted by Gasteiger charge is -2.19. The van der Waals surface area contributed by atoms with Gasteiger partial charge in [0.2, 0.25) is 5.91 Å². The van der Waals surface area contributed by atoms with Crippen molar-refractivity contribution in [1.29, 1.82) is 0 Å². The lowest BCUT2D eigenvalue weighted by molar-refractivity contribution is -0.126. The maximum Gasteiger partial charge on any atom is 0.246 e. The third-order valence-corrected chi connectivity index (χ3v) is 3.27. The van der Waals surface area contributed by atoms with Crippen molar-refractivity contribution in [2.75, 3.05) is 20.2 Å². The second-order valence-corrected chi connectivity index (χ2v) is 5.74. The van der Waals surface area contributed by atoms with Crippen LogP contribution in [0.25, 0.3) is 6.08 Å². The molecule has 23 heavy (non-hydrogen) atoms. The van der Waals surface area contributed by atoms with E-state index in [1.165, 1.54) is 0 Å². The predicted octanol–water partition coefficient (Wildman–Crippen LogP) is 4.14. The maximum atomic E-state index is 12.2. The van der Waals surface area contributed by atoms with Crippen molar-refractivity contribution in [2.45, 2.75) is 46.6 Å². The zero-order valence-electron chi connectivity index (χ0n) is 15.0. The van der Waals surface area contributed by atoms with E-state index < -0.39 is 0 Å². The van der Waals surface area contributed by atoms with Gasteiger partial charge in [-0.25, -0.2) is 0 Å². The fourth-order valence-corrected chi connectivity index (χ4v) is 2.28. The molecule has 0 heterocycles. The Morgan fingerprint density at radius 1 is 1.17 bits per heavy atom. The SMILES string of the molecule is CCCN(CCC)C(=O)/C=C\c1ccc(OC(C)C)c(OC)c1. The minimum atomic E-state index is 0.0511. The molecule has 0 N–H and O–H groups in total. The number of rotatable bonds is 9. The summed E-state index contributed by atoms with van der Waals surface area (Å²) >= 11 is 0. The van der Waals surface area contributed by atoms with E-state index in [2.05, 4.69) is 13.8 Å². The number of carbonyl (C=O) groups excluding carboxylic acids is 1. The molecule has 0 aromatic heterocycles. The summed E-state index contributed by atoms with van der Waals surface area (Å²) in [7, 11) is 1.62. The molecule has 1 rings (SSSR count). The van der Waals surface area contributed by atoms with E-state index in [-0.39, 0.29) is 12.0 Å². The molecule has 4 heteroatoms. The molecule has 0 aliphatic carbocycles. The third kappa shape index (κ3) is 6.35. The van der Waals surface area contributed by atoms with Gasteiger partial charge in [0.15, 0.2) is 11.5 Å². The molecule has 0 radical (unpaired) electrons. The molecule has 4 nitrogen and oxygen atoms in total. The van der Waals surface area contributed by atoms with Gasteiger partial charge in [-0.3, -0.25) is 4.79 Å². The third-order valence-electron chi connectivity index (χ3n) is 3.27. The Kier molecular flexibility index (Phi) is 8.23. The normalized spacial score (nSPS) is 11.0. The van der Waals surface area contributed by atoms with Crippen LogP contribution in [0.2, 0.25) is 0 Å². The average Bonchev–Trinajstić information content (AvgIpc) is 2.52. The van der Waals surface area contributed by atoms with E-state index in [9.17, 15) is 4.79 Å². The minimum Gasteiger partial charge on any atom is -0.493 e. The predicted molar refractivity (Wildman–Crippen MR) is 95.0 cm³/mol. The number of benzene rings is 1. The lowest BCUT2D eigenvalue weighted by atomic mass is 10.2. The van der Waals surface area contributed by atoms with Crippen LogP contribution in [0.4, 0.5) is 0 Å². The van der Waals surface area contributed by atoms with Crippen molar-refractivity contribution in [3.63, 3.8) is 0 Å². The second-order valence-electron chi connectivity index (χ2n) is 5.74. The van der Waals surface area contributed by atoms with Crippen LogP contribution in [0, 0.1) is 0 Å². The van der Waals surface area contributed by atoms with E-state index >= 15 is 0 Å². The number of hydrogen-bond donors (Lipinski definition) is 0. The molecule has 0 aliphatic heterocycles. The second kappa shape index (κ2) is 9.93. The standard InChI is InChI=1S/C19H29NO3/c1-6-12-20(13-7-2)19(21)11-9-16-8-10-17(23-15(3)4)18(14-16)22-5/h8-11,14-15H,6-7,12-13H2,1-5H3/b11-9-. The van der Waals surface area contributed by atoms with Crippen molar-refractivity contribution < 1.29 is 14.3 Å². The molecular weight excluding hydrogens is 290 g/mol. The molecule has 0 bridgehead atoms. The van der Waals surface area contributed by atoms with Crippen LogP contribution in [0.3, 0.4) is 0 Å². The molecule has 128 valence electrons. The molecule has 1 amide bonds. The highest BCUT2D eigenvalue weighted by Crippen LogP contribution is 2.29. The molecule has 0 spiro atoms. The number of carbonyl (C=O) groups is 1. The number of ether oxygens (including phenoxy) is 2. The van der Waals surface area contributed by atoms with Gasteiger partial charge in [0.1, 0.15) is 0 Å². The first kappa shape index (κ1) is 19.1. The van der Waals surface area contributed by atoms with Gasteiger partial charge in [-0.2, -0.15) is 0 Å². The molecule has 0 aliphatic rings. The van der Waals surface area contributed by atoms with E-state index in [1.54, 1.807) is 13.2 Å². The van der Waals surface area contributed by atoms with Crippen LogP contribution in [0.15, 0.2) is 24.3 Å². The first-order valence-corrected chi connectivity index (χ1v) is 8.33. The van der Waals surface area contributed by atoms with Crippen molar-refractivity contribution in [3.8, 4) is 11.5 Å². The monoisotopic (exact) mass is 319 g/mol. The van der Waals surface area contributed by atoms with Crippen molar-refractivity contribution in [1.82, 2.24) is 4.90 Å². The van der Waals surface area contributed by atoms with Crippen LogP contribution < -0.4 is 9.47 Å². The first-order valence-electron chi connectivity index (χ1n) is 8.33. The Bertz CT molecular complexity index is 517. The van der Waals surface area contributed by atoms with Gasteiger partial charge in [0.25, 0.3) is 0 Å². The summed E-state index contributed by atoms with van der Waals surface area (Å²) in [4.78, 5) is 14.1. The summed E-state index contributed by atoms with van der Waals surface area (Å²) < 4.78 is 11.1. The van der Waals surface area contributed by atoms with Crippen LogP contribution in [0.5, 0.6) is 11.5 Å². The summed E-state index contributed by atoms with van der Waals surface area (Å²) in [5, 5.41) is 0. The zero-order valence-corrected chi connectivity index (χ0v) is 15.0. The summed E-state index contributed by atoms with van der Waals surface area (Å²) in [6.45, 7) is 9.70. The summed E-state index contributed by atoms with van der Waals surface area (Å²) in [5.41, 5.74) is 0.916. The number of hydrogen-bond acceptors (Lipinski definition) is 3. The van der Waals surface area contributed by atoms with E-state index in [4.69, 9.17) is 9.47 Å². The van der Waals surface area contributed by atoms with E-state index in [1.807, 2.05) is 43.0 Å². The van der Waals surface area contributed by atoms with Crippen molar-refractivity contribution in [3.05, 3.63) is 29.8 Å². The Morgan fingerprint density at radius 3 is 2.35 bits per heavy atom. The number of methoxy groups -OCH3 is 1. The molecule has 1 aromatic rings. The highest BCUT2D eigenvalue weighted by Gasteiger charge is 2.09.